The smallest absolute Gasteiger partial charge is 0.266 e. The van der Waals surface area contributed by atoms with Crippen LogP contribution in [-0.2, 0) is 16.0 Å². The maximum absolute atomic E-state index is 12.8. The van der Waals surface area contributed by atoms with E-state index in [-0.39, 0.29) is 5.91 Å². The third kappa shape index (κ3) is 4.78. The highest BCUT2D eigenvalue weighted by molar-refractivity contribution is 5.99. The van der Waals surface area contributed by atoms with Crippen LogP contribution in [0.5, 0.6) is 11.5 Å². The van der Waals surface area contributed by atoms with Crippen molar-refractivity contribution in [2.75, 3.05) is 34.0 Å². The van der Waals surface area contributed by atoms with E-state index >= 15 is 0 Å². The molecule has 0 aromatic heterocycles. The van der Waals surface area contributed by atoms with E-state index in [9.17, 15) is 9.59 Å². The van der Waals surface area contributed by atoms with Gasteiger partial charge in [-0.25, -0.2) is 5.48 Å². The number of hydroxylamine groups is 1. The van der Waals surface area contributed by atoms with Gasteiger partial charge in [0.15, 0.2) is 11.5 Å². The van der Waals surface area contributed by atoms with Gasteiger partial charge in [0.25, 0.3) is 11.8 Å². The zero-order valence-corrected chi connectivity index (χ0v) is 15.7. The Morgan fingerprint density at radius 1 is 1.37 bits per heavy atom. The van der Waals surface area contributed by atoms with Gasteiger partial charge in [-0.1, -0.05) is 6.08 Å². The van der Waals surface area contributed by atoms with Gasteiger partial charge in [-0.3, -0.25) is 14.8 Å². The second kappa shape index (κ2) is 9.94. The monoisotopic (exact) mass is 378 g/mol. The quantitative estimate of drug-likeness (QED) is 0.278. The number of ether oxygens (including phenoxy) is 3. The molecular formula is C19H26N2O6. The number of aryl methyl sites for hydroxylation is 1. The number of likely N-dealkylation sites (tertiary alicyclic amines) is 1. The highest BCUT2D eigenvalue weighted by Crippen LogP contribution is 2.34. The normalized spacial score (nSPS) is 15.7. The van der Waals surface area contributed by atoms with Gasteiger partial charge in [-0.15, -0.1) is 6.58 Å². The number of hydrogen-bond donors (Lipinski definition) is 2. The molecule has 0 saturated carbocycles. The Hall–Kier alpha value is -2.58. The molecule has 0 bridgehead atoms. The van der Waals surface area contributed by atoms with E-state index in [0.29, 0.717) is 49.7 Å². The van der Waals surface area contributed by atoms with E-state index < -0.39 is 11.9 Å². The van der Waals surface area contributed by atoms with Crippen molar-refractivity contribution in [1.29, 1.82) is 0 Å². The van der Waals surface area contributed by atoms with Gasteiger partial charge in [0, 0.05) is 18.7 Å². The average Bonchev–Trinajstić information content (AvgIpc) is 2.65. The molecule has 2 N–H and O–H groups in total. The second-order valence-corrected chi connectivity index (χ2v) is 6.12. The number of benzene rings is 1. The van der Waals surface area contributed by atoms with Crippen LogP contribution in [0.25, 0.3) is 0 Å². The summed E-state index contributed by atoms with van der Waals surface area (Å²) in [5.41, 5.74) is 2.83. The van der Waals surface area contributed by atoms with Crippen LogP contribution in [0.2, 0.25) is 0 Å². The Morgan fingerprint density at radius 2 is 2.15 bits per heavy atom. The number of carbonyl (C=O) groups is 2. The molecule has 1 aromatic rings. The van der Waals surface area contributed by atoms with Crippen molar-refractivity contribution >= 4 is 11.8 Å². The Kier molecular flexibility index (Phi) is 7.63. The minimum atomic E-state index is -0.661. The molecule has 1 heterocycles. The lowest BCUT2D eigenvalue weighted by molar-refractivity contribution is -0.137. The first-order chi connectivity index (χ1) is 13.1. The summed E-state index contributed by atoms with van der Waals surface area (Å²) >= 11 is 0. The number of rotatable bonds is 10. The van der Waals surface area contributed by atoms with Crippen LogP contribution in [0.15, 0.2) is 24.8 Å². The summed E-state index contributed by atoms with van der Waals surface area (Å²) in [5, 5.41) is 8.80. The fourth-order valence-corrected chi connectivity index (χ4v) is 3.03. The average molecular weight is 378 g/mol. The zero-order chi connectivity index (χ0) is 19.8. The number of amides is 2. The fraction of sp³-hybridized carbons (Fsp3) is 0.474. The highest BCUT2D eigenvalue weighted by Gasteiger charge is 2.38. The van der Waals surface area contributed by atoms with Gasteiger partial charge in [0.1, 0.15) is 6.04 Å². The van der Waals surface area contributed by atoms with Gasteiger partial charge in [-0.2, -0.15) is 0 Å². The molecule has 0 unspecified atom stereocenters. The molecule has 0 spiro atoms. The predicted octanol–water partition coefficient (Wildman–Crippen LogP) is 1.56. The topological polar surface area (TPSA) is 97.3 Å². The Morgan fingerprint density at radius 3 is 2.70 bits per heavy atom. The second-order valence-electron chi connectivity index (χ2n) is 6.12. The first-order valence-corrected chi connectivity index (χ1v) is 8.75. The van der Waals surface area contributed by atoms with E-state index in [1.165, 1.54) is 12.0 Å². The van der Waals surface area contributed by atoms with Crippen LogP contribution in [0.4, 0.5) is 0 Å². The van der Waals surface area contributed by atoms with Crippen LogP contribution >= 0.6 is 0 Å². The van der Waals surface area contributed by atoms with Crippen LogP contribution in [0, 0.1) is 0 Å². The molecule has 1 fully saturated rings. The highest BCUT2D eigenvalue weighted by atomic mass is 16.5. The van der Waals surface area contributed by atoms with Crippen LogP contribution in [-0.4, -0.2) is 61.9 Å². The van der Waals surface area contributed by atoms with E-state index in [1.54, 1.807) is 30.8 Å². The molecule has 1 saturated heterocycles. The van der Waals surface area contributed by atoms with Crippen LogP contribution in [0.1, 0.15) is 28.8 Å². The number of methoxy groups -OCH3 is 2. The lowest BCUT2D eigenvalue weighted by Crippen LogP contribution is -2.57. The summed E-state index contributed by atoms with van der Waals surface area (Å²) in [6.45, 7) is 5.10. The molecule has 148 valence electrons. The van der Waals surface area contributed by atoms with Crippen molar-refractivity contribution in [3.63, 3.8) is 0 Å². The standard InChI is InChI=1S/C19H26N2O6/c1-4-9-27-10-5-6-13-11-14(12-16(25-2)17(13)26-3)19(23)21-8-7-15(21)18(22)20-24/h4,11-12,15,24H,1,5-10H2,2-3H3,(H,20,22)/t15-/m1/s1. The SMILES string of the molecule is C=CCOCCCc1cc(C(=O)N2CC[C@@H]2C(=O)NO)cc(OC)c1OC. The minimum Gasteiger partial charge on any atom is -0.493 e. The van der Waals surface area contributed by atoms with Gasteiger partial charge in [0.2, 0.25) is 0 Å². The number of carbonyl (C=O) groups excluding carboxylic acids is 2. The lowest BCUT2D eigenvalue weighted by atomic mass is 9.98. The Bertz CT molecular complexity index is 691. The van der Waals surface area contributed by atoms with Gasteiger partial charge in [-0.05, 0) is 37.0 Å². The molecule has 8 nitrogen and oxygen atoms in total. The summed E-state index contributed by atoms with van der Waals surface area (Å²) in [7, 11) is 3.06. The maximum atomic E-state index is 12.8. The Balaban J connectivity index is 2.20. The van der Waals surface area contributed by atoms with Crippen LogP contribution in [0.3, 0.4) is 0 Å². The van der Waals surface area contributed by atoms with Crippen molar-refractivity contribution in [1.82, 2.24) is 10.4 Å². The molecular weight excluding hydrogens is 352 g/mol. The third-order valence-corrected chi connectivity index (χ3v) is 4.47. The van der Waals surface area contributed by atoms with Gasteiger partial charge < -0.3 is 19.1 Å². The molecule has 8 heteroatoms. The Labute approximate surface area is 158 Å². The summed E-state index contributed by atoms with van der Waals surface area (Å²) < 4.78 is 16.2. The molecule has 1 aliphatic rings. The third-order valence-electron chi connectivity index (χ3n) is 4.47. The molecule has 2 rings (SSSR count). The fourth-order valence-electron chi connectivity index (χ4n) is 3.03. The first kappa shape index (κ1) is 20.7. The van der Waals surface area contributed by atoms with E-state index in [0.717, 1.165) is 12.0 Å². The van der Waals surface area contributed by atoms with Crippen molar-refractivity contribution in [2.24, 2.45) is 0 Å². The van der Waals surface area contributed by atoms with Crippen LogP contribution < -0.4 is 15.0 Å². The largest absolute Gasteiger partial charge is 0.493 e. The van der Waals surface area contributed by atoms with Gasteiger partial charge in [0.05, 0.1) is 20.8 Å². The van der Waals surface area contributed by atoms with E-state index in [1.807, 2.05) is 0 Å². The molecule has 1 aliphatic heterocycles. The molecule has 0 radical (unpaired) electrons. The van der Waals surface area contributed by atoms with Crippen molar-refractivity contribution in [3.8, 4) is 11.5 Å². The predicted molar refractivity (Wildman–Crippen MR) is 98.3 cm³/mol. The molecule has 27 heavy (non-hydrogen) atoms. The summed E-state index contributed by atoms with van der Waals surface area (Å²) in [6, 6.07) is 2.69. The lowest BCUT2D eigenvalue weighted by Gasteiger charge is -2.39. The van der Waals surface area contributed by atoms with Crippen molar-refractivity contribution in [3.05, 3.63) is 35.9 Å². The maximum Gasteiger partial charge on any atom is 0.266 e. The summed E-state index contributed by atoms with van der Waals surface area (Å²) in [5.74, 6) is 0.148. The van der Waals surface area contributed by atoms with Gasteiger partial charge >= 0.3 is 0 Å². The number of hydrogen-bond acceptors (Lipinski definition) is 6. The first-order valence-electron chi connectivity index (χ1n) is 8.75. The summed E-state index contributed by atoms with van der Waals surface area (Å²) in [6.07, 6.45) is 3.58. The van der Waals surface area contributed by atoms with E-state index in [4.69, 9.17) is 19.4 Å². The molecule has 1 atom stereocenters. The van der Waals surface area contributed by atoms with Crippen molar-refractivity contribution in [2.45, 2.75) is 25.3 Å². The molecule has 0 aliphatic carbocycles. The molecule has 2 amide bonds. The number of nitrogens with zero attached hydrogens (tertiary/aromatic N) is 1. The van der Waals surface area contributed by atoms with E-state index in [2.05, 4.69) is 6.58 Å². The summed E-state index contributed by atoms with van der Waals surface area (Å²) in [4.78, 5) is 25.9. The number of nitrogens with one attached hydrogen (secondary N) is 1. The molecule has 1 aromatic carbocycles. The zero-order valence-electron chi connectivity index (χ0n) is 15.7. The minimum absolute atomic E-state index is 0.292. The van der Waals surface area contributed by atoms with Crippen molar-refractivity contribution < 1.29 is 29.0 Å².